The summed E-state index contributed by atoms with van der Waals surface area (Å²) in [6.07, 6.45) is 1.86. The van der Waals surface area contributed by atoms with Crippen LogP contribution in [0.25, 0.3) is 0 Å². The van der Waals surface area contributed by atoms with Crippen molar-refractivity contribution in [3.8, 4) is 0 Å². The molecule has 1 aromatic heterocycles. The van der Waals surface area contributed by atoms with E-state index in [1.54, 1.807) is 19.2 Å². The molecule has 1 atom stereocenters. The minimum Gasteiger partial charge on any atom is -0.206 e. The molecule has 0 amide bonds. The van der Waals surface area contributed by atoms with Gasteiger partial charge in [-0.25, -0.2) is 8.42 Å². The lowest BCUT2D eigenvalue weighted by molar-refractivity contribution is 0.369. The molecule has 0 aromatic carbocycles. The van der Waals surface area contributed by atoms with E-state index >= 15 is 0 Å². The molecule has 0 spiro atoms. The van der Waals surface area contributed by atoms with Gasteiger partial charge in [0.05, 0.1) is 3.79 Å². The quantitative estimate of drug-likeness (QED) is 0.832. The monoisotopic (exact) mass is 325 g/mol. The lowest BCUT2D eigenvalue weighted by atomic mass is 10.2. The van der Waals surface area contributed by atoms with Crippen LogP contribution < -0.4 is 0 Å². The van der Waals surface area contributed by atoms with Crippen molar-refractivity contribution in [3.63, 3.8) is 0 Å². The zero-order valence-electron chi connectivity index (χ0n) is 9.60. The summed E-state index contributed by atoms with van der Waals surface area (Å²) in [5.41, 5.74) is 0. The lowest BCUT2D eigenvalue weighted by Gasteiger charge is -2.23. The normalized spacial score (nSPS) is 14.3. The van der Waals surface area contributed by atoms with Crippen molar-refractivity contribution in [2.45, 2.75) is 36.9 Å². The van der Waals surface area contributed by atoms with Crippen LogP contribution in [-0.4, -0.2) is 25.8 Å². The van der Waals surface area contributed by atoms with E-state index in [4.69, 9.17) is 0 Å². The molecule has 0 aliphatic carbocycles. The number of thiophene rings is 1. The maximum atomic E-state index is 12.2. The van der Waals surface area contributed by atoms with Crippen LogP contribution in [0.2, 0.25) is 0 Å². The van der Waals surface area contributed by atoms with E-state index in [9.17, 15) is 8.42 Å². The van der Waals surface area contributed by atoms with Gasteiger partial charge in [0.25, 0.3) is 10.0 Å². The largest absolute Gasteiger partial charge is 0.252 e. The van der Waals surface area contributed by atoms with Crippen molar-refractivity contribution in [1.82, 2.24) is 4.31 Å². The Hall–Kier alpha value is 0.0900. The number of halogens is 1. The molecule has 0 radical (unpaired) electrons. The second kappa shape index (κ2) is 5.62. The molecular weight excluding hydrogens is 310 g/mol. The molecule has 92 valence electrons. The third-order valence-electron chi connectivity index (χ3n) is 2.51. The summed E-state index contributed by atoms with van der Waals surface area (Å²) in [4.78, 5) is 0. The highest BCUT2D eigenvalue weighted by Gasteiger charge is 2.26. The van der Waals surface area contributed by atoms with E-state index in [1.807, 2.05) is 6.92 Å². The Morgan fingerprint density at radius 2 is 2.12 bits per heavy atom. The first kappa shape index (κ1) is 14.2. The maximum Gasteiger partial charge on any atom is 0.252 e. The van der Waals surface area contributed by atoms with E-state index in [0.29, 0.717) is 4.21 Å². The third-order valence-corrected chi connectivity index (χ3v) is 6.57. The summed E-state index contributed by atoms with van der Waals surface area (Å²) in [5.74, 6) is 0. The van der Waals surface area contributed by atoms with Crippen molar-refractivity contribution in [2.24, 2.45) is 0 Å². The molecule has 6 heteroatoms. The van der Waals surface area contributed by atoms with Crippen LogP contribution in [0.15, 0.2) is 20.1 Å². The van der Waals surface area contributed by atoms with Crippen LogP contribution in [0.5, 0.6) is 0 Å². The van der Waals surface area contributed by atoms with Gasteiger partial charge >= 0.3 is 0 Å². The summed E-state index contributed by atoms with van der Waals surface area (Å²) in [5, 5.41) is 0. The molecule has 1 aromatic rings. The molecule has 0 aliphatic rings. The number of hydrogen-bond acceptors (Lipinski definition) is 3. The van der Waals surface area contributed by atoms with E-state index < -0.39 is 10.0 Å². The highest BCUT2D eigenvalue weighted by molar-refractivity contribution is 9.11. The van der Waals surface area contributed by atoms with Gasteiger partial charge in [0.1, 0.15) is 4.21 Å². The Bertz CT molecular complexity index is 441. The molecule has 0 N–H and O–H groups in total. The zero-order valence-corrected chi connectivity index (χ0v) is 12.8. The molecule has 0 saturated carbocycles. The van der Waals surface area contributed by atoms with Crippen LogP contribution in [0.3, 0.4) is 0 Å². The van der Waals surface area contributed by atoms with Gasteiger partial charge in [0.15, 0.2) is 0 Å². The topological polar surface area (TPSA) is 37.4 Å². The van der Waals surface area contributed by atoms with E-state index in [1.165, 1.54) is 15.6 Å². The SMILES string of the molecule is CCCC(C)N(C)S(=O)(=O)c1ccc(Br)s1. The summed E-state index contributed by atoms with van der Waals surface area (Å²) >= 11 is 4.52. The first-order valence-corrected chi connectivity index (χ1v) is 8.18. The van der Waals surface area contributed by atoms with Gasteiger partial charge in [-0.1, -0.05) is 13.3 Å². The average Bonchev–Trinajstić information content (AvgIpc) is 2.64. The zero-order chi connectivity index (χ0) is 12.3. The Morgan fingerprint density at radius 1 is 1.50 bits per heavy atom. The van der Waals surface area contributed by atoms with Gasteiger partial charge in [0, 0.05) is 13.1 Å². The third kappa shape index (κ3) is 3.06. The van der Waals surface area contributed by atoms with Gasteiger partial charge in [-0.05, 0) is 41.4 Å². The molecule has 16 heavy (non-hydrogen) atoms. The number of rotatable bonds is 5. The summed E-state index contributed by atoms with van der Waals surface area (Å²) in [6.45, 7) is 3.99. The highest BCUT2D eigenvalue weighted by Crippen LogP contribution is 2.29. The fraction of sp³-hybridized carbons (Fsp3) is 0.600. The summed E-state index contributed by atoms with van der Waals surface area (Å²) < 4.78 is 27.0. The van der Waals surface area contributed by atoms with Crippen molar-refractivity contribution < 1.29 is 8.42 Å². The second-order valence-corrected chi connectivity index (χ2v) is 8.40. The summed E-state index contributed by atoms with van der Waals surface area (Å²) in [6, 6.07) is 3.44. The molecule has 3 nitrogen and oxygen atoms in total. The Kier molecular flexibility index (Phi) is 4.97. The van der Waals surface area contributed by atoms with Crippen molar-refractivity contribution in [3.05, 3.63) is 15.9 Å². The molecule has 0 fully saturated rings. The Balaban J connectivity index is 2.94. The Morgan fingerprint density at radius 3 is 2.56 bits per heavy atom. The maximum absolute atomic E-state index is 12.2. The molecule has 1 rings (SSSR count). The number of sulfonamides is 1. The molecule has 0 saturated heterocycles. The smallest absolute Gasteiger partial charge is 0.206 e. The van der Waals surface area contributed by atoms with Gasteiger partial charge in [-0.2, -0.15) is 4.31 Å². The van der Waals surface area contributed by atoms with Crippen LogP contribution in [0.1, 0.15) is 26.7 Å². The minimum absolute atomic E-state index is 0.0378. The molecule has 0 bridgehead atoms. The van der Waals surface area contributed by atoms with Crippen LogP contribution in [-0.2, 0) is 10.0 Å². The fourth-order valence-corrected chi connectivity index (χ4v) is 5.00. The van der Waals surface area contributed by atoms with Crippen molar-refractivity contribution >= 4 is 37.3 Å². The van der Waals surface area contributed by atoms with Gasteiger partial charge < -0.3 is 0 Å². The van der Waals surface area contributed by atoms with Crippen LogP contribution in [0, 0.1) is 0 Å². The fourth-order valence-electron chi connectivity index (χ4n) is 1.41. The molecule has 1 unspecified atom stereocenters. The number of nitrogens with zero attached hydrogens (tertiary/aromatic N) is 1. The lowest BCUT2D eigenvalue weighted by Crippen LogP contribution is -2.34. The first-order valence-electron chi connectivity index (χ1n) is 5.13. The average molecular weight is 326 g/mol. The minimum atomic E-state index is -3.32. The van der Waals surface area contributed by atoms with Crippen LogP contribution >= 0.6 is 27.3 Å². The van der Waals surface area contributed by atoms with Crippen molar-refractivity contribution in [1.29, 1.82) is 0 Å². The van der Waals surface area contributed by atoms with E-state index in [-0.39, 0.29) is 6.04 Å². The predicted octanol–water partition coefficient (Wildman–Crippen LogP) is 3.32. The highest BCUT2D eigenvalue weighted by atomic mass is 79.9. The van der Waals surface area contributed by atoms with Crippen LogP contribution in [0.4, 0.5) is 0 Å². The standard InChI is InChI=1S/C10H16BrNO2S2/c1-4-5-8(2)12(3)16(13,14)10-7-6-9(11)15-10/h6-8H,4-5H2,1-3H3. The molecule has 0 aliphatic heterocycles. The van der Waals surface area contributed by atoms with E-state index in [0.717, 1.165) is 16.6 Å². The van der Waals surface area contributed by atoms with Gasteiger partial charge in [0.2, 0.25) is 0 Å². The molecule has 1 heterocycles. The number of hydrogen-bond donors (Lipinski definition) is 0. The Labute approximate surface area is 110 Å². The van der Waals surface area contributed by atoms with Gasteiger partial charge in [-0.15, -0.1) is 11.3 Å². The predicted molar refractivity (Wildman–Crippen MR) is 71.3 cm³/mol. The first-order chi connectivity index (χ1) is 7.39. The van der Waals surface area contributed by atoms with E-state index in [2.05, 4.69) is 22.9 Å². The van der Waals surface area contributed by atoms with Crippen molar-refractivity contribution in [2.75, 3.05) is 7.05 Å². The molecular formula is C10H16BrNO2S2. The summed E-state index contributed by atoms with van der Waals surface area (Å²) in [7, 11) is -1.68. The second-order valence-electron chi connectivity index (χ2n) is 3.72. The van der Waals surface area contributed by atoms with Gasteiger partial charge in [-0.3, -0.25) is 0 Å².